The van der Waals surface area contributed by atoms with Crippen molar-refractivity contribution in [2.24, 2.45) is 11.3 Å². The first-order chi connectivity index (χ1) is 14.5. The zero-order chi connectivity index (χ0) is 21.1. The van der Waals surface area contributed by atoms with E-state index in [9.17, 15) is 14.4 Å². The molecule has 1 amide bonds. The number of hydrogen-bond donors (Lipinski definition) is 2. The summed E-state index contributed by atoms with van der Waals surface area (Å²) in [5.74, 6) is 0.170. The first-order valence-electron chi connectivity index (χ1n) is 10.5. The van der Waals surface area contributed by atoms with Gasteiger partial charge in [0.05, 0.1) is 24.0 Å². The molecule has 2 saturated heterocycles. The molecule has 8 heteroatoms. The standard InChI is InChI=1S/C22H27FN6O/c1-15-12-29(18-3-2-16(11-24)20-21(18)27-9-8-26-20)13-17(15)28-19(30)10-22(14-23)4-6-25-7-5-22/h2-3,8-9,15,17,25H,4-7,10,12-14H2,1H3,(H,28,30)/t15-,17+/m1/s1. The highest BCUT2D eigenvalue weighted by molar-refractivity contribution is 5.92. The molecule has 2 aliphatic rings. The molecule has 7 nitrogen and oxygen atoms in total. The van der Waals surface area contributed by atoms with Crippen LogP contribution in [0.5, 0.6) is 0 Å². The molecule has 4 rings (SSSR count). The van der Waals surface area contributed by atoms with Gasteiger partial charge >= 0.3 is 0 Å². The minimum Gasteiger partial charge on any atom is -0.367 e. The number of anilines is 1. The van der Waals surface area contributed by atoms with E-state index in [1.807, 2.05) is 6.07 Å². The van der Waals surface area contributed by atoms with E-state index in [0.29, 0.717) is 36.0 Å². The van der Waals surface area contributed by atoms with E-state index in [0.717, 1.165) is 25.3 Å². The van der Waals surface area contributed by atoms with Crippen LogP contribution in [0.25, 0.3) is 11.0 Å². The van der Waals surface area contributed by atoms with E-state index in [-0.39, 0.29) is 24.3 Å². The Morgan fingerprint density at radius 1 is 1.30 bits per heavy atom. The number of hydrogen-bond acceptors (Lipinski definition) is 6. The number of alkyl halides is 1. The topological polar surface area (TPSA) is 93.9 Å². The Hall–Kier alpha value is -2.79. The van der Waals surface area contributed by atoms with E-state index in [1.54, 1.807) is 18.5 Å². The number of carbonyl (C=O) groups is 1. The lowest BCUT2D eigenvalue weighted by molar-refractivity contribution is -0.125. The molecule has 0 aliphatic carbocycles. The van der Waals surface area contributed by atoms with Crippen molar-refractivity contribution in [3.8, 4) is 6.07 Å². The smallest absolute Gasteiger partial charge is 0.220 e. The SMILES string of the molecule is C[C@@H]1CN(c2ccc(C#N)c3nccnc23)C[C@@H]1NC(=O)CC1(CF)CCNCC1. The number of carbonyl (C=O) groups excluding carboxylic acids is 1. The van der Waals surface area contributed by atoms with Gasteiger partial charge in [0, 0.05) is 37.3 Å². The monoisotopic (exact) mass is 410 g/mol. The molecule has 1 aromatic heterocycles. The first kappa shape index (κ1) is 20.5. The van der Waals surface area contributed by atoms with Gasteiger partial charge in [-0.1, -0.05) is 6.92 Å². The second-order valence-corrected chi connectivity index (χ2v) is 8.61. The highest BCUT2D eigenvalue weighted by Gasteiger charge is 2.37. The number of aromatic nitrogens is 2. The van der Waals surface area contributed by atoms with Crippen LogP contribution in [0.2, 0.25) is 0 Å². The van der Waals surface area contributed by atoms with Gasteiger partial charge in [-0.25, -0.2) is 0 Å². The molecule has 0 bridgehead atoms. The summed E-state index contributed by atoms with van der Waals surface area (Å²) >= 11 is 0. The van der Waals surface area contributed by atoms with Crippen LogP contribution >= 0.6 is 0 Å². The maximum atomic E-state index is 13.7. The molecule has 2 N–H and O–H groups in total. The van der Waals surface area contributed by atoms with Gasteiger partial charge in [-0.3, -0.25) is 19.2 Å². The van der Waals surface area contributed by atoms with E-state index in [1.165, 1.54) is 0 Å². The van der Waals surface area contributed by atoms with Crippen LogP contribution in [-0.2, 0) is 4.79 Å². The number of fused-ring (bicyclic) bond motifs is 1. The molecule has 0 spiro atoms. The maximum Gasteiger partial charge on any atom is 0.220 e. The van der Waals surface area contributed by atoms with Crippen molar-refractivity contribution >= 4 is 22.6 Å². The highest BCUT2D eigenvalue weighted by Crippen LogP contribution is 2.34. The summed E-state index contributed by atoms with van der Waals surface area (Å²) < 4.78 is 13.7. The van der Waals surface area contributed by atoms with Crippen molar-refractivity contribution in [1.29, 1.82) is 5.26 Å². The molecular formula is C22H27FN6O. The Kier molecular flexibility index (Phi) is 5.82. The van der Waals surface area contributed by atoms with E-state index in [4.69, 9.17) is 0 Å². The molecule has 0 unspecified atom stereocenters. The van der Waals surface area contributed by atoms with Crippen molar-refractivity contribution in [3.05, 3.63) is 30.1 Å². The molecule has 2 aromatic rings. The van der Waals surface area contributed by atoms with Gasteiger partial charge in [-0.2, -0.15) is 5.26 Å². The number of piperidine rings is 1. The molecule has 1 aromatic carbocycles. The summed E-state index contributed by atoms with van der Waals surface area (Å²) in [4.78, 5) is 23.7. The lowest BCUT2D eigenvalue weighted by Gasteiger charge is -2.35. The zero-order valence-corrected chi connectivity index (χ0v) is 17.2. The van der Waals surface area contributed by atoms with Gasteiger partial charge in [0.15, 0.2) is 0 Å². The van der Waals surface area contributed by atoms with Crippen LogP contribution < -0.4 is 15.5 Å². The molecule has 2 atom stereocenters. The summed E-state index contributed by atoms with van der Waals surface area (Å²) in [6, 6.07) is 5.82. The van der Waals surface area contributed by atoms with Crippen LogP contribution in [0.4, 0.5) is 10.1 Å². The predicted molar refractivity (Wildman–Crippen MR) is 113 cm³/mol. The fourth-order valence-corrected chi connectivity index (χ4v) is 4.65. The number of amides is 1. The fraction of sp³-hybridized carbons (Fsp3) is 0.545. The number of nitriles is 1. The highest BCUT2D eigenvalue weighted by atomic mass is 19.1. The van der Waals surface area contributed by atoms with Gasteiger partial charge in [0.25, 0.3) is 0 Å². The number of rotatable bonds is 5. The number of nitrogens with one attached hydrogen (secondary N) is 2. The third-order valence-corrected chi connectivity index (χ3v) is 6.51. The van der Waals surface area contributed by atoms with Crippen LogP contribution in [0.1, 0.15) is 31.7 Å². The van der Waals surface area contributed by atoms with Gasteiger partial charge in [0.2, 0.25) is 5.91 Å². The third kappa shape index (κ3) is 3.94. The summed E-state index contributed by atoms with van der Waals surface area (Å²) in [7, 11) is 0. The van der Waals surface area contributed by atoms with Crippen LogP contribution in [0, 0.1) is 22.7 Å². The van der Waals surface area contributed by atoms with Gasteiger partial charge in [-0.15, -0.1) is 0 Å². The molecular weight excluding hydrogens is 383 g/mol. The van der Waals surface area contributed by atoms with Gasteiger partial charge in [-0.05, 0) is 44.0 Å². The third-order valence-electron chi connectivity index (χ3n) is 6.51. The minimum atomic E-state index is -0.532. The Bertz CT molecular complexity index is 968. The molecule has 2 fully saturated rings. The van der Waals surface area contributed by atoms with E-state index >= 15 is 0 Å². The summed E-state index contributed by atoms with van der Waals surface area (Å²) in [6.07, 6.45) is 4.84. The van der Waals surface area contributed by atoms with Crippen LogP contribution in [0.15, 0.2) is 24.5 Å². The second kappa shape index (κ2) is 8.52. The zero-order valence-electron chi connectivity index (χ0n) is 17.2. The summed E-state index contributed by atoms with van der Waals surface area (Å²) in [6.45, 7) is 4.59. The molecule has 158 valence electrons. The van der Waals surface area contributed by atoms with Crippen molar-refractivity contribution in [2.45, 2.75) is 32.2 Å². The summed E-state index contributed by atoms with van der Waals surface area (Å²) in [5, 5.41) is 15.7. The largest absolute Gasteiger partial charge is 0.367 e. The number of benzene rings is 1. The Morgan fingerprint density at radius 2 is 2.03 bits per heavy atom. The minimum absolute atomic E-state index is 0.0155. The Balaban J connectivity index is 1.47. The Morgan fingerprint density at radius 3 is 2.73 bits per heavy atom. The van der Waals surface area contributed by atoms with Crippen LogP contribution in [-0.4, -0.2) is 54.8 Å². The fourth-order valence-electron chi connectivity index (χ4n) is 4.65. The average molecular weight is 410 g/mol. The second-order valence-electron chi connectivity index (χ2n) is 8.61. The van der Waals surface area contributed by atoms with Gasteiger partial charge in [0.1, 0.15) is 17.1 Å². The quantitative estimate of drug-likeness (QED) is 0.785. The maximum absolute atomic E-state index is 13.7. The lowest BCUT2D eigenvalue weighted by atomic mass is 9.77. The lowest BCUT2D eigenvalue weighted by Crippen LogP contribution is -2.45. The van der Waals surface area contributed by atoms with Gasteiger partial charge < -0.3 is 15.5 Å². The van der Waals surface area contributed by atoms with Crippen molar-refractivity contribution in [1.82, 2.24) is 20.6 Å². The van der Waals surface area contributed by atoms with E-state index in [2.05, 4.69) is 38.5 Å². The molecule has 0 saturated carbocycles. The van der Waals surface area contributed by atoms with Crippen molar-refractivity contribution < 1.29 is 9.18 Å². The average Bonchev–Trinajstić information content (AvgIpc) is 3.13. The van der Waals surface area contributed by atoms with Crippen molar-refractivity contribution in [2.75, 3.05) is 37.8 Å². The number of nitrogens with zero attached hydrogens (tertiary/aromatic N) is 4. The Labute approximate surface area is 175 Å². The van der Waals surface area contributed by atoms with Crippen molar-refractivity contribution in [3.63, 3.8) is 0 Å². The first-order valence-corrected chi connectivity index (χ1v) is 10.5. The predicted octanol–water partition coefficient (Wildman–Crippen LogP) is 2.17. The molecule has 2 aliphatic heterocycles. The number of halogens is 1. The van der Waals surface area contributed by atoms with Crippen LogP contribution in [0.3, 0.4) is 0 Å². The normalized spacial score (nSPS) is 23.3. The molecule has 3 heterocycles. The van der Waals surface area contributed by atoms with E-state index < -0.39 is 12.1 Å². The molecule has 0 radical (unpaired) electrons. The molecule has 30 heavy (non-hydrogen) atoms. The summed E-state index contributed by atoms with van der Waals surface area (Å²) in [5.41, 5.74) is 2.17.